The van der Waals surface area contributed by atoms with Crippen LogP contribution < -0.4 is 0 Å². The summed E-state index contributed by atoms with van der Waals surface area (Å²) in [6.45, 7) is -2.51. The van der Waals surface area contributed by atoms with Crippen LogP contribution in [-0.4, -0.2) is 9.55 Å². The van der Waals surface area contributed by atoms with Gasteiger partial charge in [-0.05, 0) is 55.5 Å². The first-order valence-corrected chi connectivity index (χ1v) is 8.14. The van der Waals surface area contributed by atoms with Crippen molar-refractivity contribution in [1.29, 1.82) is 0 Å². The third-order valence-electron chi connectivity index (χ3n) is 4.69. The number of hydrogen-bond acceptors (Lipinski definition) is 1. The Labute approximate surface area is 157 Å². The normalized spacial score (nSPS) is 15.8. The van der Waals surface area contributed by atoms with Gasteiger partial charge in [0, 0.05) is 43.5 Å². The average molecular weight is 332 g/mol. The van der Waals surface area contributed by atoms with E-state index >= 15 is 0 Å². The minimum absolute atomic E-state index is 0.167. The van der Waals surface area contributed by atoms with Crippen molar-refractivity contribution in [3.8, 4) is 22.5 Å². The number of rotatable bonds is 2. The lowest BCUT2D eigenvalue weighted by Crippen LogP contribution is -1.95. The van der Waals surface area contributed by atoms with E-state index in [1.807, 2.05) is 48.9 Å². The van der Waals surface area contributed by atoms with Gasteiger partial charge in [0.15, 0.2) is 0 Å². The molecule has 0 radical (unpaired) electrons. The lowest BCUT2D eigenvalue weighted by Gasteiger charge is -2.12. The highest BCUT2D eigenvalue weighted by atomic mass is 14.9. The van der Waals surface area contributed by atoms with Crippen LogP contribution in [0.5, 0.6) is 0 Å². The van der Waals surface area contributed by atoms with Crippen molar-refractivity contribution in [2.24, 2.45) is 7.05 Å². The van der Waals surface area contributed by atoms with E-state index in [0.29, 0.717) is 11.3 Å². The summed E-state index contributed by atoms with van der Waals surface area (Å²) in [6.07, 6.45) is 1.35. The lowest BCUT2D eigenvalue weighted by atomic mass is 9.98. The van der Waals surface area contributed by atoms with E-state index in [9.17, 15) is 0 Å². The summed E-state index contributed by atoms with van der Waals surface area (Å²) in [5.41, 5.74) is 5.24. The molecule has 4 aromatic rings. The number of nitrogens with zero attached hydrogens (tertiary/aromatic N) is 2. The number of fused-ring (bicyclic) bond motifs is 1. The van der Waals surface area contributed by atoms with E-state index in [1.54, 1.807) is 18.2 Å². The molecule has 0 atom stereocenters. The summed E-state index contributed by atoms with van der Waals surface area (Å²) in [5.74, 6) is 0. The van der Waals surface area contributed by atoms with Crippen molar-refractivity contribution in [3.63, 3.8) is 0 Å². The highest BCUT2D eigenvalue weighted by molar-refractivity contribution is 5.92. The van der Waals surface area contributed by atoms with Crippen molar-refractivity contribution >= 4 is 10.9 Å². The summed E-state index contributed by atoms with van der Waals surface area (Å²) in [6, 6.07) is 16.3. The highest BCUT2D eigenvalue weighted by Gasteiger charge is 2.15. The minimum atomic E-state index is -2.28. The molecule has 2 heterocycles. The fourth-order valence-electron chi connectivity index (χ4n) is 3.43. The Bertz CT molecular complexity index is 1230. The van der Waals surface area contributed by atoms with E-state index in [-0.39, 0.29) is 11.1 Å². The molecule has 0 amide bonds. The number of hydrogen-bond donors (Lipinski definition) is 0. The zero-order valence-electron chi connectivity index (χ0n) is 20.2. The van der Waals surface area contributed by atoms with Gasteiger partial charge < -0.3 is 4.57 Å². The summed E-state index contributed by atoms with van der Waals surface area (Å²) in [7, 11) is 1.93. The van der Waals surface area contributed by atoms with Crippen LogP contribution in [-0.2, 0) is 7.05 Å². The van der Waals surface area contributed by atoms with Crippen LogP contribution in [0.3, 0.4) is 0 Å². The van der Waals surface area contributed by atoms with Gasteiger partial charge in [-0.1, -0.05) is 36.4 Å². The molecule has 0 fully saturated rings. The van der Waals surface area contributed by atoms with Gasteiger partial charge in [-0.25, -0.2) is 0 Å². The van der Waals surface area contributed by atoms with Crippen LogP contribution in [0.15, 0.2) is 60.8 Å². The van der Waals surface area contributed by atoms with Gasteiger partial charge in [0.2, 0.25) is 0 Å². The summed E-state index contributed by atoms with van der Waals surface area (Å²) >= 11 is 0. The maximum Gasteiger partial charge on any atom is 0.0702 e. The fourth-order valence-corrected chi connectivity index (χ4v) is 3.43. The molecule has 25 heavy (non-hydrogen) atoms. The van der Waals surface area contributed by atoms with Gasteiger partial charge >= 0.3 is 0 Å². The van der Waals surface area contributed by atoms with Gasteiger partial charge in [0.05, 0.1) is 11.4 Å². The van der Waals surface area contributed by atoms with E-state index in [2.05, 4.69) is 4.98 Å². The van der Waals surface area contributed by atoms with E-state index in [4.69, 9.17) is 8.22 Å². The smallest absolute Gasteiger partial charge is 0.0702 e. The second-order valence-corrected chi connectivity index (χ2v) is 6.24. The predicted octanol–water partition coefficient (Wildman–Crippen LogP) is 5.83. The van der Waals surface area contributed by atoms with Gasteiger partial charge in [0.25, 0.3) is 0 Å². The largest absolute Gasteiger partial charge is 0.343 e. The molecule has 0 aliphatic heterocycles. The monoisotopic (exact) mass is 332 g/mol. The predicted molar refractivity (Wildman–Crippen MR) is 106 cm³/mol. The second kappa shape index (κ2) is 5.89. The quantitative estimate of drug-likeness (QED) is 0.451. The molecule has 2 aromatic carbocycles. The molecule has 0 N–H and O–H groups in total. The molecule has 0 bridgehead atoms. The third-order valence-corrected chi connectivity index (χ3v) is 4.69. The maximum atomic E-state index is 8.06. The molecular formula is C23H22N2. The molecule has 4 rings (SSSR count). The Hall–Kier alpha value is -2.87. The molecule has 0 saturated carbocycles. The summed E-state index contributed by atoms with van der Waals surface area (Å²) in [4.78, 5) is 4.32. The van der Waals surface area contributed by atoms with Crippen LogP contribution >= 0.6 is 0 Å². The average Bonchev–Trinajstić information content (AvgIpc) is 2.97. The van der Waals surface area contributed by atoms with Gasteiger partial charge in [-0.3, -0.25) is 4.98 Å². The Balaban J connectivity index is 1.94. The number of aryl methyl sites for hydroxylation is 4. The summed E-state index contributed by atoms with van der Waals surface area (Å²) in [5, 5.41) is 1.07. The van der Waals surface area contributed by atoms with Gasteiger partial charge in [-0.15, -0.1) is 0 Å². The molecular weight excluding hydrogens is 304 g/mol. The van der Waals surface area contributed by atoms with Gasteiger partial charge in [-0.2, -0.15) is 0 Å². The Kier molecular flexibility index (Phi) is 2.40. The SMILES string of the molecule is [2H]C([2H])([2H])c1ccc(-c2ccc(C([2H])([2H])[2H])c(-c3c(C)c4ccccc4n3C)c2)nc1. The molecule has 0 saturated heterocycles. The minimum Gasteiger partial charge on any atom is -0.343 e. The molecule has 124 valence electrons. The molecule has 2 aromatic heterocycles. The highest BCUT2D eigenvalue weighted by Crippen LogP contribution is 2.35. The Morgan fingerprint density at radius 3 is 2.60 bits per heavy atom. The molecule has 0 spiro atoms. The molecule has 0 unspecified atom stereocenters. The number of aromatic nitrogens is 2. The lowest BCUT2D eigenvalue weighted by molar-refractivity contribution is 0.972. The maximum absolute atomic E-state index is 8.06. The molecule has 2 heteroatoms. The van der Waals surface area contributed by atoms with E-state index in [1.165, 1.54) is 12.3 Å². The van der Waals surface area contributed by atoms with Crippen molar-refractivity contribution in [3.05, 3.63) is 77.5 Å². The fraction of sp³-hybridized carbons (Fsp3) is 0.174. The van der Waals surface area contributed by atoms with Crippen LogP contribution in [0.25, 0.3) is 33.4 Å². The van der Waals surface area contributed by atoms with E-state index < -0.39 is 13.7 Å². The zero-order valence-corrected chi connectivity index (χ0v) is 14.2. The first-order chi connectivity index (χ1) is 14.5. The molecule has 0 aliphatic carbocycles. The van der Waals surface area contributed by atoms with Crippen molar-refractivity contribution in [1.82, 2.24) is 9.55 Å². The molecule has 0 aliphatic rings. The van der Waals surface area contributed by atoms with E-state index in [0.717, 1.165) is 27.7 Å². The molecule has 2 nitrogen and oxygen atoms in total. The Morgan fingerprint density at radius 1 is 1.00 bits per heavy atom. The third kappa shape index (κ3) is 2.54. The van der Waals surface area contributed by atoms with Crippen LogP contribution in [0.2, 0.25) is 0 Å². The number of para-hydroxylation sites is 1. The van der Waals surface area contributed by atoms with Crippen LogP contribution in [0.1, 0.15) is 24.9 Å². The number of benzene rings is 2. The van der Waals surface area contributed by atoms with Crippen LogP contribution in [0.4, 0.5) is 0 Å². The second-order valence-electron chi connectivity index (χ2n) is 6.24. The van der Waals surface area contributed by atoms with Gasteiger partial charge in [0.1, 0.15) is 0 Å². The number of pyridine rings is 1. The Morgan fingerprint density at radius 2 is 1.88 bits per heavy atom. The standard InChI is InChI=1S/C23H22N2/c1-15-9-12-21(24-14-15)18-11-10-16(2)20(13-18)23-17(3)19-7-5-6-8-22(19)25(23)4/h5-14H,1-4H3/i1D3,2D3. The topological polar surface area (TPSA) is 17.8 Å². The van der Waals surface area contributed by atoms with Crippen molar-refractivity contribution in [2.75, 3.05) is 0 Å². The zero-order chi connectivity index (χ0) is 22.6. The first-order valence-electron chi connectivity index (χ1n) is 11.1. The first kappa shape index (κ1) is 10.2. The van der Waals surface area contributed by atoms with Crippen molar-refractivity contribution < 1.29 is 8.22 Å². The summed E-state index contributed by atoms with van der Waals surface area (Å²) < 4.78 is 48.7. The van der Waals surface area contributed by atoms with Crippen molar-refractivity contribution in [2.45, 2.75) is 20.6 Å². The van der Waals surface area contributed by atoms with Crippen LogP contribution in [0, 0.1) is 20.6 Å².